The van der Waals surface area contributed by atoms with E-state index in [1.165, 1.54) is 0 Å². The topological polar surface area (TPSA) is 55.8 Å². The lowest BCUT2D eigenvalue weighted by molar-refractivity contribution is -0.146. The van der Waals surface area contributed by atoms with Crippen molar-refractivity contribution >= 4 is 5.97 Å². The summed E-state index contributed by atoms with van der Waals surface area (Å²) in [5, 5.41) is 9.01. The second kappa shape index (κ2) is 6.70. The Morgan fingerprint density at radius 3 is 2.94 bits per heavy atom. The molecule has 1 aromatic carbocycles. The van der Waals surface area contributed by atoms with E-state index >= 15 is 0 Å². The van der Waals surface area contributed by atoms with Gasteiger partial charge in [-0.05, 0) is 24.6 Å². The van der Waals surface area contributed by atoms with Crippen molar-refractivity contribution in [2.75, 3.05) is 13.2 Å². The predicted molar refractivity (Wildman–Crippen MR) is 63.8 cm³/mol. The van der Waals surface area contributed by atoms with E-state index in [9.17, 15) is 4.79 Å². The smallest absolute Gasteiger partial charge is 0.330 e. The van der Waals surface area contributed by atoms with Crippen LogP contribution < -0.4 is 4.74 Å². The molecule has 0 fully saturated rings. The monoisotopic (exact) mass is 236 g/mol. The van der Waals surface area contributed by atoms with Crippen molar-refractivity contribution in [3.63, 3.8) is 0 Å². The van der Waals surface area contributed by atoms with Crippen LogP contribution >= 0.6 is 0 Å². The standard InChI is InChI=1S/C13H16O4/c1-3-13(15)17-12(8-14)9-16-11-6-4-5-10(2)7-11/h3-7,12,14H,1,8-9H2,2H3/t12-/m1/s1. The average molecular weight is 236 g/mol. The van der Waals surface area contributed by atoms with E-state index in [2.05, 4.69) is 6.58 Å². The highest BCUT2D eigenvalue weighted by Gasteiger charge is 2.12. The molecule has 1 rings (SSSR count). The van der Waals surface area contributed by atoms with Crippen molar-refractivity contribution in [1.82, 2.24) is 0 Å². The zero-order valence-electron chi connectivity index (χ0n) is 9.76. The zero-order valence-corrected chi connectivity index (χ0v) is 9.76. The summed E-state index contributed by atoms with van der Waals surface area (Å²) in [6.07, 6.45) is 0.371. The fourth-order valence-corrected chi connectivity index (χ4v) is 1.23. The van der Waals surface area contributed by atoms with E-state index in [1.807, 2.05) is 25.1 Å². The Bertz CT molecular complexity index is 387. The van der Waals surface area contributed by atoms with E-state index in [4.69, 9.17) is 14.6 Å². The highest BCUT2D eigenvalue weighted by atomic mass is 16.6. The molecular formula is C13H16O4. The van der Waals surface area contributed by atoms with Crippen molar-refractivity contribution in [2.24, 2.45) is 0 Å². The third kappa shape index (κ3) is 4.70. The summed E-state index contributed by atoms with van der Waals surface area (Å²) in [7, 11) is 0. The van der Waals surface area contributed by atoms with Crippen molar-refractivity contribution in [1.29, 1.82) is 0 Å². The van der Waals surface area contributed by atoms with Crippen LogP contribution in [0.2, 0.25) is 0 Å². The SMILES string of the molecule is C=CC(=O)O[C@H](CO)COc1cccc(C)c1. The number of aryl methyl sites for hydroxylation is 1. The van der Waals surface area contributed by atoms with Gasteiger partial charge in [-0.1, -0.05) is 18.7 Å². The zero-order chi connectivity index (χ0) is 12.7. The second-order valence-corrected chi connectivity index (χ2v) is 3.57. The molecular weight excluding hydrogens is 220 g/mol. The Balaban J connectivity index is 2.47. The Hall–Kier alpha value is -1.81. The normalized spacial score (nSPS) is 11.6. The van der Waals surface area contributed by atoms with Crippen LogP contribution in [0.3, 0.4) is 0 Å². The molecule has 0 unspecified atom stereocenters. The molecule has 0 saturated carbocycles. The molecule has 1 aromatic rings. The average Bonchev–Trinajstić information content (AvgIpc) is 2.34. The third-order valence-electron chi connectivity index (χ3n) is 2.08. The Morgan fingerprint density at radius 1 is 1.59 bits per heavy atom. The summed E-state index contributed by atoms with van der Waals surface area (Å²) in [5.41, 5.74) is 1.08. The van der Waals surface area contributed by atoms with Gasteiger partial charge in [0.05, 0.1) is 6.61 Å². The number of carbonyl (C=O) groups is 1. The summed E-state index contributed by atoms with van der Waals surface area (Å²) in [6, 6.07) is 7.49. The van der Waals surface area contributed by atoms with Gasteiger partial charge in [-0.3, -0.25) is 0 Å². The van der Waals surface area contributed by atoms with Crippen molar-refractivity contribution in [3.05, 3.63) is 42.5 Å². The lowest BCUT2D eigenvalue weighted by Gasteiger charge is -2.15. The first kappa shape index (κ1) is 13.3. The molecule has 0 aliphatic heterocycles. The van der Waals surface area contributed by atoms with E-state index in [0.717, 1.165) is 11.6 Å². The maximum Gasteiger partial charge on any atom is 0.330 e. The second-order valence-electron chi connectivity index (χ2n) is 3.57. The number of aliphatic hydroxyl groups is 1. The summed E-state index contributed by atoms with van der Waals surface area (Å²) >= 11 is 0. The first-order chi connectivity index (χ1) is 8.15. The van der Waals surface area contributed by atoms with Crippen LogP contribution in [-0.2, 0) is 9.53 Å². The number of esters is 1. The first-order valence-electron chi connectivity index (χ1n) is 5.29. The number of rotatable bonds is 6. The van der Waals surface area contributed by atoms with Gasteiger partial charge in [0.25, 0.3) is 0 Å². The molecule has 0 aliphatic rings. The summed E-state index contributed by atoms with van der Waals surface area (Å²) < 4.78 is 10.3. The number of aliphatic hydroxyl groups excluding tert-OH is 1. The van der Waals surface area contributed by atoms with Crippen LogP contribution in [0.5, 0.6) is 5.75 Å². The predicted octanol–water partition coefficient (Wildman–Crippen LogP) is 1.46. The number of hydrogen-bond acceptors (Lipinski definition) is 4. The molecule has 0 aromatic heterocycles. The van der Waals surface area contributed by atoms with E-state index in [0.29, 0.717) is 5.75 Å². The molecule has 0 saturated heterocycles. The number of benzene rings is 1. The van der Waals surface area contributed by atoms with Gasteiger partial charge in [0.2, 0.25) is 0 Å². The minimum Gasteiger partial charge on any atom is -0.490 e. The molecule has 0 radical (unpaired) electrons. The first-order valence-corrected chi connectivity index (χ1v) is 5.29. The summed E-state index contributed by atoms with van der Waals surface area (Å²) in [5.74, 6) is 0.106. The summed E-state index contributed by atoms with van der Waals surface area (Å²) in [4.78, 5) is 10.9. The van der Waals surface area contributed by atoms with Gasteiger partial charge in [-0.2, -0.15) is 0 Å². The third-order valence-corrected chi connectivity index (χ3v) is 2.08. The van der Waals surface area contributed by atoms with Gasteiger partial charge < -0.3 is 14.6 Å². The summed E-state index contributed by atoms with van der Waals surface area (Å²) in [6.45, 7) is 5.06. The van der Waals surface area contributed by atoms with Crippen LogP contribution in [0.15, 0.2) is 36.9 Å². The molecule has 0 bridgehead atoms. The van der Waals surface area contributed by atoms with Crippen LogP contribution in [0.4, 0.5) is 0 Å². The molecule has 4 heteroatoms. The lowest BCUT2D eigenvalue weighted by Crippen LogP contribution is -2.27. The van der Waals surface area contributed by atoms with Crippen LogP contribution in [0, 0.1) is 6.92 Å². The fourth-order valence-electron chi connectivity index (χ4n) is 1.23. The molecule has 0 spiro atoms. The molecule has 92 valence electrons. The molecule has 1 atom stereocenters. The Kier molecular flexibility index (Phi) is 5.23. The minimum absolute atomic E-state index is 0.111. The quantitative estimate of drug-likeness (QED) is 0.600. The fraction of sp³-hybridized carbons (Fsp3) is 0.308. The van der Waals surface area contributed by atoms with Gasteiger partial charge in [0.1, 0.15) is 12.4 Å². The van der Waals surface area contributed by atoms with Gasteiger partial charge >= 0.3 is 5.97 Å². The van der Waals surface area contributed by atoms with E-state index in [1.54, 1.807) is 6.07 Å². The van der Waals surface area contributed by atoms with Gasteiger partial charge in [-0.15, -0.1) is 0 Å². The molecule has 1 N–H and O–H groups in total. The Morgan fingerprint density at radius 2 is 2.35 bits per heavy atom. The van der Waals surface area contributed by atoms with Crippen LogP contribution in [0.25, 0.3) is 0 Å². The van der Waals surface area contributed by atoms with Gasteiger partial charge in [0.15, 0.2) is 6.10 Å². The largest absolute Gasteiger partial charge is 0.490 e. The minimum atomic E-state index is -0.680. The molecule has 0 amide bonds. The number of carbonyl (C=O) groups excluding carboxylic acids is 1. The van der Waals surface area contributed by atoms with E-state index in [-0.39, 0.29) is 13.2 Å². The molecule has 0 heterocycles. The van der Waals surface area contributed by atoms with Crippen molar-refractivity contribution in [3.8, 4) is 5.75 Å². The highest BCUT2D eigenvalue weighted by Crippen LogP contribution is 2.12. The van der Waals surface area contributed by atoms with E-state index < -0.39 is 12.1 Å². The van der Waals surface area contributed by atoms with Gasteiger partial charge in [0, 0.05) is 6.08 Å². The number of ether oxygens (including phenoxy) is 2. The maximum absolute atomic E-state index is 10.9. The maximum atomic E-state index is 10.9. The molecule has 0 aliphatic carbocycles. The van der Waals surface area contributed by atoms with Crippen molar-refractivity contribution in [2.45, 2.75) is 13.0 Å². The highest BCUT2D eigenvalue weighted by molar-refractivity contribution is 5.81. The van der Waals surface area contributed by atoms with Crippen LogP contribution in [-0.4, -0.2) is 30.4 Å². The molecule has 4 nitrogen and oxygen atoms in total. The van der Waals surface area contributed by atoms with Crippen LogP contribution in [0.1, 0.15) is 5.56 Å². The Labute approximate surface area is 100 Å². The number of hydrogen-bond donors (Lipinski definition) is 1. The van der Waals surface area contributed by atoms with Gasteiger partial charge in [-0.25, -0.2) is 4.79 Å². The molecule has 17 heavy (non-hydrogen) atoms. The van der Waals surface area contributed by atoms with Crippen molar-refractivity contribution < 1.29 is 19.4 Å². The lowest BCUT2D eigenvalue weighted by atomic mass is 10.2.